The van der Waals surface area contributed by atoms with Crippen LogP contribution in [-0.4, -0.2) is 26.2 Å². The van der Waals surface area contributed by atoms with Gasteiger partial charge in [0, 0.05) is 20.3 Å². The molecule has 0 fully saturated rings. The van der Waals surface area contributed by atoms with Crippen molar-refractivity contribution in [3.8, 4) is 5.75 Å². The van der Waals surface area contributed by atoms with Gasteiger partial charge in [-0.25, -0.2) is 0 Å². The molecule has 1 aromatic carbocycles. The van der Waals surface area contributed by atoms with Crippen LogP contribution in [-0.2, 0) is 11.3 Å². The molecule has 124 valence electrons. The largest absolute Gasteiger partial charge is 0.486 e. The van der Waals surface area contributed by atoms with Crippen LogP contribution in [0.2, 0.25) is 0 Å². The summed E-state index contributed by atoms with van der Waals surface area (Å²) >= 11 is 0. The molecule has 1 amide bonds. The van der Waals surface area contributed by atoms with Gasteiger partial charge in [0.1, 0.15) is 18.1 Å². The highest BCUT2D eigenvalue weighted by Crippen LogP contribution is 2.18. The van der Waals surface area contributed by atoms with E-state index in [0.29, 0.717) is 31.3 Å². The van der Waals surface area contributed by atoms with Crippen molar-refractivity contribution in [3.63, 3.8) is 0 Å². The highest BCUT2D eigenvalue weighted by atomic mass is 16.5. The molecule has 5 nitrogen and oxygen atoms in total. The van der Waals surface area contributed by atoms with Crippen molar-refractivity contribution in [3.05, 3.63) is 53.0 Å². The number of carbonyl (C=O) groups excluding carboxylic acids is 1. The van der Waals surface area contributed by atoms with E-state index in [9.17, 15) is 4.79 Å². The van der Waals surface area contributed by atoms with Crippen LogP contribution in [0.25, 0.3) is 0 Å². The molecular weight excluding hydrogens is 294 g/mol. The molecule has 0 aliphatic carbocycles. The summed E-state index contributed by atoms with van der Waals surface area (Å²) < 4.78 is 16.1. The first-order valence-corrected chi connectivity index (χ1v) is 7.66. The second-order valence-electron chi connectivity index (χ2n) is 5.40. The van der Waals surface area contributed by atoms with Crippen LogP contribution in [0.4, 0.5) is 0 Å². The lowest BCUT2D eigenvalue weighted by Gasteiger charge is -2.07. The van der Waals surface area contributed by atoms with Crippen molar-refractivity contribution in [1.29, 1.82) is 0 Å². The van der Waals surface area contributed by atoms with Gasteiger partial charge >= 0.3 is 0 Å². The molecule has 23 heavy (non-hydrogen) atoms. The van der Waals surface area contributed by atoms with E-state index in [2.05, 4.69) is 12.2 Å². The first kappa shape index (κ1) is 17.1. The summed E-state index contributed by atoms with van der Waals surface area (Å²) in [5, 5.41) is 2.78. The van der Waals surface area contributed by atoms with E-state index in [-0.39, 0.29) is 5.91 Å². The number of aryl methyl sites for hydroxylation is 2. The van der Waals surface area contributed by atoms with Crippen molar-refractivity contribution >= 4 is 5.91 Å². The Labute approximate surface area is 136 Å². The molecule has 0 saturated carbocycles. The molecule has 1 aromatic heterocycles. The van der Waals surface area contributed by atoms with E-state index in [0.717, 1.165) is 12.2 Å². The van der Waals surface area contributed by atoms with Crippen LogP contribution in [0.15, 0.2) is 34.7 Å². The smallest absolute Gasteiger partial charge is 0.286 e. The Hall–Kier alpha value is -2.27. The molecule has 2 aromatic rings. The van der Waals surface area contributed by atoms with Gasteiger partial charge in [0.25, 0.3) is 5.91 Å². The normalized spacial score (nSPS) is 10.6. The van der Waals surface area contributed by atoms with Gasteiger partial charge in [-0.15, -0.1) is 0 Å². The second-order valence-corrected chi connectivity index (χ2v) is 5.40. The fourth-order valence-electron chi connectivity index (χ4n) is 2.04. The Morgan fingerprint density at radius 3 is 2.74 bits per heavy atom. The van der Waals surface area contributed by atoms with Gasteiger partial charge in [-0.2, -0.15) is 0 Å². The van der Waals surface area contributed by atoms with E-state index >= 15 is 0 Å². The Bertz CT molecular complexity index is 648. The van der Waals surface area contributed by atoms with Crippen LogP contribution in [0.5, 0.6) is 5.75 Å². The fraction of sp³-hybridized carbons (Fsp3) is 0.389. The molecule has 0 unspecified atom stereocenters. The molecule has 0 radical (unpaired) electrons. The van der Waals surface area contributed by atoms with Gasteiger partial charge in [-0.05, 0) is 55.7 Å². The summed E-state index contributed by atoms with van der Waals surface area (Å²) in [6.07, 6.45) is 0.770. The number of furan rings is 1. The van der Waals surface area contributed by atoms with Gasteiger partial charge in [0.2, 0.25) is 0 Å². The molecule has 0 aliphatic rings. The third-order valence-corrected chi connectivity index (χ3v) is 3.56. The van der Waals surface area contributed by atoms with Gasteiger partial charge in [0.05, 0.1) is 0 Å². The molecule has 0 atom stereocenters. The summed E-state index contributed by atoms with van der Waals surface area (Å²) in [6.45, 7) is 5.57. The summed E-state index contributed by atoms with van der Waals surface area (Å²) in [6, 6.07) is 9.35. The average molecular weight is 317 g/mol. The Balaban J connectivity index is 1.84. The monoisotopic (exact) mass is 317 g/mol. The lowest BCUT2D eigenvalue weighted by Crippen LogP contribution is -2.24. The van der Waals surface area contributed by atoms with Gasteiger partial charge < -0.3 is 19.2 Å². The zero-order valence-electron chi connectivity index (χ0n) is 13.8. The molecule has 0 spiro atoms. The molecule has 0 bridgehead atoms. The number of nitrogens with one attached hydrogen (secondary N) is 1. The molecule has 1 N–H and O–H groups in total. The summed E-state index contributed by atoms with van der Waals surface area (Å²) in [7, 11) is 1.64. The number of hydrogen-bond donors (Lipinski definition) is 1. The Kier molecular flexibility index (Phi) is 6.23. The highest BCUT2D eigenvalue weighted by Gasteiger charge is 2.11. The first-order chi connectivity index (χ1) is 11.1. The van der Waals surface area contributed by atoms with Crippen molar-refractivity contribution < 1.29 is 18.7 Å². The predicted molar refractivity (Wildman–Crippen MR) is 87.8 cm³/mol. The van der Waals surface area contributed by atoms with E-state index < -0.39 is 0 Å². The summed E-state index contributed by atoms with van der Waals surface area (Å²) in [5.41, 5.74) is 2.40. The predicted octanol–water partition coefficient (Wildman–Crippen LogP) is 3.24. The standard InChI is InChI=1S/C18H23NO4/c1-13-5-6-15(11-14(13)2)22-12-16-7-8-17(23-16)18(20)19-9-4-10-21-3/h5-8,11H,4,9-10,12H2,1-3H3,(H,19,20). The number of rotatable bonds is 8. The molecule has 0 aliphatic heterocycles. The number of methoxy groups -OCH3 is 1. The van der Waals surface area contributed by atoms with Crippen molar-refractivity contribution in [1.82, 2.24) is 5.32 Å². The fourth-order valence-corrected chi connectivity index (χ4v) is 2.04. The van der Waals surface area contributed by atoms with Crippen LogP contribution in [0, 0.1) is 13.8 Å². The molecule has 1 heterocycles. The van der Waals surface area contributed by atoms with Crippen LogP contribution in [0.1, 0.15) is 33.9 Å². The lowest BCUT2D eigenvalue weighted by atomic mass is 10.1. The second kappa shape index (κ2) is 8.39. The van der Waals surface area contributed by atoms with Crippen molar-refractivity contribution in [2.24, 2.45) is 0 Å². The van der Waals surface area contributed by atoms with E-state index in [1.54, 1.807) is 19.2 Å². The average Bonchev–Trinajstić information content (AvgIpc) is 3.01. The number of carbonyl (C=O) groups is 1. The lowest BCUT2D eigenvalue weighted by molar-refractivity contribution is 0.0917. The molecule has 0 saturated heterocycles. The number of amides is 1. The Morgan fingerprint density at radius 1 is 1.17 bits per heavy atom. The van der Waals surface area contributed by atoms with Crippen molar-refractivity contribution in [2.75, 3.05) is 20.3 Å². The Morgan fingerprint density at radius 2 is 2.00 bits per heavy atom. The zero-order chi connectivity index (χ0) is 16.7. The number of ether oxygens (including phenoxy) is 2. The quantitative estimate of drug-likeness (QED) is 0.759. The van der Waals surface area contributed by atoms with E-state index in [4.69, 9.17) is 13.9 Å². The SMILES string of the molecule is COCCCNC(=O)c1ccc(COc2ccc(C)c(C)c2)o1. The van der Waals surface area contributed by atoms with Crippen LogP contribution >= 0.6 is 0 Å². The summed E-state index contributed by atoms with van der Waals surface area (Å²) in [4.78, 5) is 11.9. The molecule has 2 rings (SSSR count). The van der Waals surface area contributed by atoms with Crippen molar-refractivity contribution in [2.45, 2.75) is 26.9 Å². The first-order valence-electron chi connectivity index (χ1n) is 7.66. The van der Waals surface area contributed by atoms with Crippen LogP contribution < -0.4 is 10.1 Å². The third-order valence-electron chi connectivity index (χ3n) is 3.56. The molecular formula is C18H23NO4. The maximum atomic E-state index is 11.9. The van der Waals surface area contributed by atoms with E-state index in [1.165, 1.54) is 11.1 Å². The number of hydrogen-bond acceptors (Lipinski definition) is 4. The van der Waals surface area contributed by atoms with E-state index in [1.807, 2.05) is 25.1 Å². The van der Waals surface area contributed by atoms with Crippen LogP contribution in [0.3, 0.4) is 0 Å². The van der Waals surface area contributed by atoms with Gasteiger partial charge in [-0.1, -0.05) is 6.07 Å². The highest BCUT2D eigenvalue weighted by molar-refractivity contribution is 5.91. The number of benzene rings is 1. The molecule has 5 heteroatoms. The maximum Gasteiger partial charge on any atom is 0.286 e. The topological polar surface area (TPSA) is 60.7 Å². The minimum absolute atomic E-state index is 0.224. The zero-order valence-corrected chi connectivity index (χ0v) is 13.8. The minimum atomic E-state index is -0.224. The third kappa shape index (κ3) is 5.14. The minimum Gasteiger partial charge on any atom is -0.486 e. The van der Waals surface area contributed by atoms with Gasteiger partial charge in [-0.3, -0.25) is 4.79 Å². The maximum absolute atomic E-state index is 11.9. The summed E-state index contributed by atoms with van der Waals surface area (Å²) in [5.74, 6) is 1.47. The van der Waals surface area contributed by atoms with Gasteiger partial charge in [0.15, 0.2) is 5.76 Å².